The Morgan fingerprint density at radius 1 is 1.71 bits per heavy atom. The van der Waals surface area contributed by atoms with Crippen LogP contribution in [0.1, 0.15) is 6.92 Å². The van der Waals surface area contributed by atoms with Gasteiger partial charge in [-0.1, -0.05) is 0 Å². The first-order valence-corrected chi connectivity index (χ1v) is 1.95. The van der Waals surface area contributed by atoms with Crippen LogP contribution >= 0.6 is 0 Å². The Balaban J connectivity index is 3.58. The molecule has 7 heavy (non-hydrogen) atoms. The molecule has 0 bridgehead atoms. The SMILES string of the molecule is CNC(=O)C(C)=N. The maximum Gasteiger partial charge on any atom is 0.264 e. The summed E-state index contributed by atoms with van der Waals surface area (Å²) >= 11 is 0. The quantitative estimate of drug-likeness (QED) is 0.439. The average molecular weight is 100 g/mol. The minimum Gasteiger partial charge on any atom is -0.354 e. The second kappa shape index (κ2) is 2.34. The molecule has 0 rings (SSSR count). The van der Waals surface area contributed by atoms with Gasteiger partial charge in [0.25, 0.3) is 5.91 Å². The summed E-state index contributed by atoms with van der Waals surface area (Å²) in [6.07, 6.45) is 0. The minimum absolute atomic E-state index is 0.0440. The normalized spacial score (nSPS) is 7.71. The van der Waals surface area contributed by atoms with Crippen molar-refractivity contribution in [1.29, 1.82) is 5.41 Å². The monoisotopic (exact) mass is 100 g/mol. The van der Waals surface area contributed by atoms with Crippen molar-refractivity contribution in [1.82, 2.24) is 5.32 Å². The summed E-state index contributed by atoms with van der Waals surface area (Å²) in [6.45, 7) is 1.44. The summed E-state index contributed by atoms with van der Waals surface area (Å²) in [5.74, 6) is -0.319. The number of hydrogen-bond acceptors (Lipinski definition) is 2. The van der Waals surface area contributed by atoms with Crippen molar-refractivity contribution in [3.8, 4) is 0 Å². The second-order valence-electron chi connectivity index (χ2n) is 1.20. The number of hydrogen-bond donors (Lipinski definition) is 2. The molecule has 0 radical (unpaired) electrons. The Morgan fingerprint density at radius 3 is 2.14 bits per heavy atom. The Labute approximate surface area is 42.2 Å². The Kier molecular flexibility index (Phi) is 2.05. The summed E-state index contributed by atoms with van der Waals surface area (Å²) in [7, 11) is 1.50. The zero-order valence-corrected chi connectivity index (χ0v) is 4.41. The highest BCUT2D eigenvalue weighted by Gasteiger charge is 1.95. The molecule has 0 aromatic heterocycles. The fourth-order valence-corrected chi connectivity index (χ4v) is 0.188. The van der Waals surface area contributed by atoms with Gasteiger partial charge in [0, 0.05) is 7.05 Å². The molecular formula is C4H8N2O. The topological polar surface area (TPSA) is 53.0 Å². The van der Waals surface area contributed by atoms with Gasteiger partial charge in [0.1, 0.15) is 0 Å². The van der Waals surface area contributed by atoms with E-state index in [1.165, 1.54) is 14.0 Å². The molecule has 0 aliphatic rings. The van der Waals surface area contributed by atoms with Crippen LogP contribution < -0.4 is 5.32 Å². The molecule has 0 aliphatic heterocycles. The fraction of sp³-hybridized carbons (Fsp3) is 0.500. The molecule has 0 fully saturated rings. The standard InChI is InChI=1S/C4H8N2O/c1-3(5)4(7)6-2/h5H,1-2H3,(H,6,7). The molecule has 40 valence electrons. The number of amides is 1. The predicted octanol–water partition coefficient (Wildman–Crippen LogP) is -0.228. The van der Waals surface area contributed by atoms with Crippen LogP contribution in [-0.4, -0.2) is 18.7 Å². The van der Waals surface area contributed by atoms with Gasteiger partial charge in [-0.25, -0.2) is 0 Å². The van der Waals surface area contributed by atoms with E-state index in [4.69, 9.17) is 5.41 Å². The Bertz CT molecular complexity index is 97.9. The number of carbonyl (C=O) groups excluding carboxylic acids is 1. The van der Waals surface area contributed by atoms with Crippen LogP contribution in [0.15, 0.2) is 0 Å². The first-order chi connectivity index (χ1) is 3.18. The summed E-state index contributed by atoms with van der Waals surface area (Å²) in [5.41, 5.74) is 0.0440. The van der Waals surface area contributed by atoms with Gasteiger partial charge in [0.05, 0.1) is 5.71 Å². The maximum absolute atomic E-state index is 10.2. The van der Waals surface area contributed by atoms with Crippen molar-refractivity contribution in [2.75, 3.05) is 7.05 Å². The first-order valence-electron chi connectivity index (χ1n) is 1.95. The van der Waals surface area contributed by atoms with Crippen molar-refractivity contribution in [3.63, 3.8) is 0 Å². The fourth-order valence-electron chi connectivity index (χ4n) is 0.188. The molecule has 3 nitrogen and oxygen atoms in total. The molecule has 0 atom stereocenters. The largest absolute Gasteiger partial charge is 0.354 e. The lowest BCUT2D eigenvalue weighted by atomic mass is 10.4. The highest BCUT2D eigenvalue weighted by atomic mass is 16.1. The third-order valence-electron chi connectivity index (χ3n) is 0.568. The van der Waals surface area contributed by atoms with Gasteiger partial charge >= 0.3 is 0 Å². The highest BCUT2D eigenvalue weighted by Crippen LogP contribution is 1.64. The van der Waals surface area contributed by atoms with E-state index in [0.29, 0.717) is 0 Å². The smallest absolute Gasteiger partial charge is 0.264 e. The van der Waals surface area contributed by atoms with Gasteiger partial charge in [-0.15, -0.1) is 0 Å². The van der Waals surface area contributed by atoms with Gasteiger partial charge in [-0.3, -0.25) is 10.2 Å². The average Bonchev–Trinajstić information content (AvgIpc) is 1.65. The van der Waals surface area contributed by atoms with Crippen molar-refractivity contribution < 1.29 is 4.79 Å². The first kappa shape index (κ1) is 6.14. The van der Waals surface area contributed by atoms with Crippen LogP contribution in [0.2, 0.25) is 0 Å². The van der Waals surface area contributed by atoms with Crippen LogP contribution in [0.3, 0.4) is 0 Å². The van der Waals surface area contributed by atoms with E-state index in [2.05, 4.69) is 5.32 Å². The minimum atomic E-state index is -0.319. The van der Waals surface area contributed by atoms with E-state index in [-0.39, 0.29) is 11.6 Å². The molecule has 0 unspecified atom stereocenters. The van der Waals surface area contributed by atoms with Crippen molar-refractivity contribution in [2.45, 2.75) is 6.92 Å². The molecule has 0 spiro atoms. The van der Waals surface area contributed by atoms with Gasteiger partial charge < -0.3 is 5.32 Å². The van der Waals surface area contributed by atoms with Crippen molar-refractivity contribution >= 4 is 11.6 Å². The molecule has 3 heteroatoms. The summed E-state index contributed by atoms with van der Waals surface area (Å²) in [5, 5.41) is 8.99. The third-order valence-corrected chi connectivity index (χ3v) is 0.568. The van der Waals surface area contributed by atoms with Gasteiger partial charge in [0.2, 0.25) is 0 Å². The Hall–Kier alpha value is -0.860. The molecule has 0 saturated heterocycles. The van der Waals surface area contributed by atoms with Crippen molar-refractivity contribution in [2.24, 2.45) is 0 Å². The van der Waals surface area contributed by atoms with Crippen LogP contribution in [0.25, 0.3) is 0 Å². The van der Waals surface area contributed by atoms with Crippen LogP contribution in [-0.2, 0) is 4.79 Å². The zero-order valence-electron chi connectivity index (χ0n) is 4.41. The molecule has 0 saturated carbocycles. The predicted molar refractivity (Wildman–Crippen MR) is 27.5 cm³/mol. The molecular weight excluding hydrogens is 92.1 g/mol. The number of rotatable bonds is 1. The zero-order chi connectivity index (χ0) is 5.86. The van der Waals surface area contributed by atoms with E-state index >= 15 is 0 Å². The van der Waals surface area contributed by atoms with Gasteiger partial charge in [-0.05, 0) is 6.92 Å². The van der Waals surface area contributed by atoms with Gasteiger partial charge in [0.15, 0.2) is 0 Å². The highest BCUT2D eigenvalue weighted by molar-refractivity contribution is 6.36. The lowest BCUT2D eigenvalue weighted by Gasteiger charge is -1.90. The maximum atomic E-state index is 10.2. The molecule has 0 aliphatic carbocycles. The Morgan fingerprint density at radius 2 is 2.14 bits per heavy atom. The van der Waals surface area contributed by atoms with E-state index in [1.54, 1.807) is 0 Å². The van der Waals surface area contributed by atoms with E-state index in [1.807, 2.05) is 0 Å². The van der Waals surface area contributed by atoms with Crippen molar-refractivity contribution in [3.05, 3.63) is 0 Å². The van der Waals surface area contributed by atoms with Gasteiger partial charge in [-0.2, -0.15) is 0 Å². The second-order valence-corrected chi connectivity index (χ2v) is 1.20. The van der Waals surface area contributed by atoms with Crippen LogP contribution in [0, 0.1) is 5.41 Å². The van der Waals surface area contributed by atoms with E-state index < -0.39 is 0 Å². The number of nitrogens with one attached hydrogen (secondary N) is 2. The lowest BCUT2D eigenvalue weighted by molar-refractivity contribution is -0.114. The molecule has 1 amide bonds. The van der Waals surface area contributed by atoms with Crippen LogP contribution in [0.5, 0.6) is 0 Å². The number of carbonyl (C=O) groups is 1. The van der Waals surface area contributed by atoms with E-state index in [0.717, 1.165) is 0 Å². The molecule has 2 N–H and O–H groups in total. The molecule has 0 aromatic carbocycles. The van der Waals surface area contributed by atoms with Crippen LogP contribution in [0.4, 0.5) is 0 Å². The summed E-state index contributed by atoms with van der Waals surface area (Å²) in [4.78, 5) is 10.2. The lowest BCUT2D eigenvalue weighted by Crippen LogP contribution is -2.24. The molecule has 0 aromatic rings. The summed E-state index contributed by atoms with van der Waals surface area (Å²) in [6, 6.07) is 0. The summed E-state index contributed by atoms with van der Waals surface area (Å²) < 4.78 is 0. The third kappa shape index (κ3) is 1.92. The van der Waals surface area contributed by atoms with E-state index in [9.17, 15) is 4.79 Å². The molecule has 0 heterocycles.